The van der Waals surface area contributed by atoms with Gasteiger partial charge in [-0.1, -0.05) is 115 Å². The van der Waals surface area contributed by atoms with Crippen molar-refractivity contribution in [2.45, 2.75) is 38.9 Å². The van der Waals surface area contributed by atoms with Crippen molar-refractivity contribution in [3.8, 4) is 44.9 Å². The molecule has 0 saturated carbocycles. The van der Waals surface area contributed by atoms with Gasteiger partial charge < -0.3 is 19.5 Å². The summed E-state index contributed by atoms with van der Waals surface area (Å²) in [6, 6.07) is 42.1. The second-order valence-electron chi connectivity index (χ2n) is 15.3. The Bertz CT molecular complexity index is 2740. The summed E-state index contributed by atoms with van der Waals surface area (Å²) in [6.07, 6.45) is 0. The normalized spacial score (nSPS) is 15.1. The van der Waals surface area contributed by atoms with Gasteiger partial charge in [-0.05, 0) is 132 Å². The fraction of sp³-hybridized carbons (Fsp3) is 0.130. The van der Waals surface area contributed by atoms with Crippen molar-refractivity contribution in [1.82, 2.24) is 0 Å². The van der Waals surface area contributed by atoms with E-state index in [-0.39, 0.29) is 16.4 Å². The van der Waals surface area contributed by atoms with Crippen molar-refractivity contribution in [1.29, 1.82) is 0 Å². The molecule has 0 spiro atoms. The average Bonchev–Trinajstić information content (AvgIpc) is 3.41. The second-order valence-corrected chi connectivity index (χ2v) is 15.3. The smallest absolute Gasteiger partial charge is 0.494 e. The van der Waals surface area contributed by atoms with Crippen molar-refractivity contribution in [2.75, 3.05) is 0 Å². The van der Waals surface area contributed by atoms with Gasteiger partial charge in [-0.15, -0.1) is 0 Å². The van der Waals surface area contributed by atoms with Crippen molar-refractivity contribution in [3.63, 3.8) is 0 Å². The van der Waals surface area contributed by atoms with Crippen molar-refractivity contribution in [3.05, 3.63) is 121 Å². The maximum atomic E-state index is 10.8. The number of rotatable bonds is 4. The van der Waals surface area contributed by atoms with Gasteiger partial charge in [-0.2, -0.15) is 0 Å². The van der Waals surface area contributed by atoms with E-state index in [1.54, 1.807) is 0 Å². The standard InChI is InChI=1S/C46H34B4O4/c1-45(2)46(3,4)54-50(53-45)28-21-22-29-27(23-28)24-36(31-12-6-5-11-30(29)31)25-17-19-26(20-18-25)37-32-13-7-9-15-34(32)38(35-16-10-8-14-33(35)37)39-40(47)43(51)42(49)44(52)41(39)48/h5-24,51-52H,1-4H3. The van der Waals surface area contributed by atoms with E-state index in [2.05, 4.69) is 113 Å². The maximum Gasteiger partial charge on any atom is 0.494 e. The topological polar surface area (TPSA) is 58.9 Å². The largest absolute Gasteiger partial charge is 0.509 e. The van der Waals surface area contributed by atoms with Gasteiger partial charge in [0.05, 0.1) is 11.2 Å². The van der Waals surface area contributed by atoms with Crippen LogP contribution in [0.3, 0.4) is 0 Å². The highest BCUT2D eigenvalue weighted by atomic mass is 16.7. The lowest BCUT2D eigenvalue weighted by Gasteiger charge is -2.32. The zero-order valence-corrected chi connectivity index (χ0v) is 30.6. The van der Waals surface area contributed by atoms with E-state index in [0.717, 1.165) is 54.6 Å². The van der Waals surface area contributed by atoms with Gasteiger partial charge in [0.2, 0.25) is 0 Å². The van der Waals surface area contributed by atoms with Crippen molar-refractivity contribution < 1.29 is 19.5 Å². The van der Waals surface area contributed by atoms with Gasteiger partial charge in [-0.3, -0.25) is 0 Å². The molecule has 54 heavy (non-hydrogen) atoms. The van der Waals surface area contributed by atoms with Gasteiger partial charge in [-0.25, -0.2) is 0 Å². The molecule has 0 atom stereocenters. The molecule has 0 aliphatic carbocycles. The van der Waals surface area contributed by atoms with E-state index >= 15 is 0 Å². The minimum Gasteiger partial charge on any atom is -0.509 e. The molecule has 1 heterocycles. The van der Waals surface area contributed by atoms with Crippen LogP contribution in [-0.2, 0) is 9.31 Å². The van der Waals surface area contributed by atoms with Gasteiger partial charge in [0.25, 0.3) is 0 Å². The Balaban J connectivity index is 1.21. The van der Waals surface area contributed by atoms with E-state index in [9.17, 15) is 10.2 Å². The molecule has 0 bridgehead atoms. The van der Waals surface area contributed by atoms with Crippen molar-refractivity contribution >= 4 is 95.6 Å². The summed E-state index contributed by atoms with van der Waals surface area (Å²) < 4.78 is 12.8. The van der Waals surface area contributed by atoms with Crippen LogP contribution in [0, 0.1) is 0 Å². The maximum absolute atomic E-state index is 10.8. The molecular weight excluding hydrogens is 660 g/mol. The molecule has 254 valence electrons. The quantitative estimate of drug-likeness (QED) is 0.115. The van der Waals surface area contributed by atoms with Gasteiger partial charge in [0, 0.05) is 0 Å². The summed E-state index contributed by atoms with van der Waals surface area (Å²) in [6.45, 7) is 8.30. The van der Waals surface area contributed by atoms with E-state index in [0.29, 0.717) is 11.1 Å². The Hall–Kier alpha value is -5.42. The third kappa shape index (κ3) is 5.11. The molecule has 1 aliphatic heterocycles. The molecule has 8 aromatic carbocycles. The number of phenols is 2. The number of fused-ring (bicyclic) bond motifs is 5. The summed E-state index contributed by atoms with van der Waals surface area (Å²) in [4.78, 5) is 0. The fourth-order valence-electron chi connectivity index (χ4n) is 8.08. The summed E-state index contributed by atoms with van der Waals surface area (Å²) in [5.41, 5.74) is 5.29. The van der Waals surface area contributed by atoms with Crippen LogP contribution in [-0.4, -0.2) is 52.1 Å². The monoisotopic (exact) mass is 694 g/mol. The molecule has 8 aromatic rings. The zero-order valence-electron chi connectivity index (χ0n) is 30.6. The predicted molar refractivity (Wildman–Crippen MR) is 228 cm³/mol. The molecule has 1 fully saturated rings. The number of benzene rings is 8. The number of hydrogen-bond acceptors (Lipinski definition) is 4. The third-order valence-corrected chi connectivity index (χ3v) is 11.6. The first kappa shape index (κ1) is 34.4. The molecule has 8 heteroatoms. The SMILES string of the molecule is [B]c1c(O)c([B])c(-c2c3ccccc3c(-c3ccc(-c4cc5cc(B6OC(C)(C)C(C)(C)O6)ccc5c5ccccc45)cc3)c3ccccc23)c([B])c1O. The first-order valence-corrected chi connectivity index (χ1v) is 18.1. The van der Waals surface area contributed by atoms with Crippen LogP contribution in [0.2, 0.25) is 0 Å². The van der Waals surface area contributed by atoms with E-state index in [1.807, 2.05) is 36.4 Å². The number of phenolic OH excluding ortho intramolecular Hbond substituents is 2. The Morgan fingerprint density at radius 3 is 1.46 bits per heavy atom. The first-order valence-electron chi connectivity index (χ1n) is 18.1. The Labute approximate surface area is 319 Å². The van der Waals surface area contributed by atoms with Crippen LogP contribution in [0.4, 0.5) is 0 Å². The molecule has 0 aromatic heterocycles. The molecule has 4 nitrogen and oxygen atoms in total. The Kier molecular flexibility index (Phi) is 7.83. The molecule has 1 aliphatic rings. The fourth-order valence-corrected chi connectivity index (χ4v) is 8.08. The third-order valence-electron chi connectivity index (χ3n) is 11.6. The van der Waals surface area contributed by atoms with E-state index in [1.165, 1.54) is 16.2 Å². The molecule has 6 radical (unpaired) electrons. The predicted octanol–water partition coefficient (Wildman–Crippen LogP) is 7.39. The average molecular weight is 694 g/mol. The van der Waals surface area contributed by atoms with Crippen LogP contribution in [0.15, 0.2) is 121 Å². The molecule has 2 N–H and O–H groups in total. The van der Waals surface area contributed by atoms with Crippen LogP contribution >= 0.6 is 0 Å². The molecule has 0 amide bonds. The van der Waals surface area contributed by atoms with Crippen LogP contribution in [0.25, 0.3) is 76.5 Å². The van der Waals surface area contributed by atoms with Crippen molar-refractivity contribution in [2.24, 2.45) is 0 Å². The molecule has 0 unspecified atom stereocenters. The van der Waals surface area contributed by atoms with E-state index in [4.69, 9.17) is 32.8 Å². The summed E-state index contributed by atoms with van der Waals surface area (Å²) in [5, 5.41) is 29.9. The van der Waals surface area contributed by atoms with Crippen LogP contribution in [0.1, 0.15) is 27.7 Å². The molecular formula is C46H34B4O4. The highest BCUT2D eigenvalue weighted by Gasteiger charge is 2.51. The van der Waals surface area contributed by atoms with Crippen LogP contribution in [0.5, 0.6) is 11.5 Å². The Morgan fingerprint density at radius 1 is 0.463 bits per heavy atom. The lowest BCUT2D eigenvalue weighted by atomic mass is 9.70. The molecule has 9 rings (SSSR count). The van der Waals surface area contributed by atoms with Crippen LogP contribution < -0.4 is 21.9 Å². The summed E-state index contributed by atoms with van der Waals surface area (Å²) >= 11 is 0. The lowest BCUT2D eigenvalue weighted by molar-refractivity contribution is 0.00578. The number of hydrogen-bond donors (Lipinski definition) is 2. The second kappa shape index (κ2) is 12.3. The Morgan fingerprint density at radius 2 is 0.926 bits per heavy atom. The zero-order chi connectivity index (χ0) is 37.7. The van der Waals surface area contributed by atoms with Gasteiger partial charge in [0.15, 0.2) is 0 Å². The minimum absolute atomic E-state index is 0.0147. The van der Waals surface area contributed by atoms with Gasteiger partial charge in [0.1, 0.15) is 35.0 Å². The van der Waals surface area contributed by atoms with Gasteiger partial charge >= 0.3 is 7.12 Å². The highest BCUT2D eigenvalue weighted by molar-refractivity contribution is 6.62. The lowest BCUT2D eigenvalue weighted by Crippen LogP contribution is -2.41. The minimum atomic E-state index is -0.450. The number of aromatic hydroxyl groups is 2. The highest BCUT2D eigenvalue weighted by Crippen LogP contribution is 2.44. The summed E-state index contributed by atoms with van der Waals surface area (Å²) in [7, 11) is 18.5. The summed E-state index contributed by atoms with van der Waals surface area (Å²) in [5.74, 6) is -0.787. The molecule has 1 saturated heterocycles. The van der Waals surface area contributed by atoms with E-state index < -0.39 is 29.8 Å². The first-order chi connectivity index (χ1) is 25.9.